The summed E-state index contributed by atoms with van der Waals surface area (Å²) < 4.78 is 17.8. The average molecular weight is 451 g/mol. The van der Waals surface area contributed by atoms with E-state index in [2.05, 4.69) is 30.6 Å². The second-order valence-corrected chi connectivity index (χ2v) is 8.43. The fraction of sp³-hybridized carbons (Fsp3) is 0.391. The molecule has 9 nitrogen and oxygen atoms in total. The molecule has 172 valence electrons. The van der Waals surface area contributed by atoms with Crippen LogP contribution in [0.3, 0.4) is 0 Å². The lowest BCUT2D eigenvalue weighted by Gasteiger charge is -2.33. The monoisotopic (exact) mass is 450 g/mol. The number of carbonyl (C=O) groups excluding carboxylic acids is 1. The highest BCUT2D eigenvalue weighted by Gasteiger charge is 2.24. The third kappa shape index (κ3) is 3.91. The second-order valence-electron chi connectivity index (χ2n) is 8.43. The SMILES string of the molecule is CCn1cc2c(N3CCC(NC)CC3)cnc(C(=O)Nc3cc(F)c4nc(C)cn4c3)c2n1. The van der Waals surface area contributed by atoms with E-state index in [-0.39, 0.29) is 11.3 Å². The minimum atomic E-state index is -0.505. The molecule has 0 aliphatic carbocycles. The van der Waals surface area contributed by atoms with E-state index < -0.39 is 11.7 Å². The van der Waals surface area contributed by atoms with Gasteiger partial charge in [-0.2, -0.15) is 5.10 Å². The standard InChI is InChI=1S/C23H27FN8O/c1-4-32-13-17-19(30-7-5-15(25-3)6-8-30)10-26-21(20(17)29-32)23(33)28-16-9-18(24)22-27-14(2)11-31(22)12-16/h9-13,15,25H,4-8H2,1-3H3,(H,28,33). The van der Waals surface area contributed by atoms with Gasteiger partial charge in [0.2, 0.25) is 0 Å². The zero-order valence-corrected chi connectivity index (χ0v) is 19.0. The fourth-order valence-electron chi connectivity index (χ4n) is 4.47. The molecule has 4 aromatic heterocycles. The minimum absolute atomic E-state index is 0.216. The van der Waals surface area contributed by atoms with Crippen LogP contribution in [0, 0.1) is 12.7 Å². The summed E-state index contributed by atoms with van der Waals surface area (Å²) in [6.07, 6.45) is 9.15. The van der Waals surface area contributed by atoms with E-state index in [0.717, 1.165) is 37.0 Å². The highest BCUT2D eigenvalue weighted by atomic mass is 19.1. The third-order valence-corrected chi connectivity index (χ3v) is 6.25. The normalized spacial score (nSPS) is 15.0. The molecule has 5 heterocycles. The average Bonchev–Trinajstić information content (AvgIpc) is 3.41. The number of pyridine rings is 2. The van der Waals surface area contributed by atoms with Crippen molar-refractivity contribution in [1.29, 1.82) is 0 Å². The number of hydrogen-bond donors (Lipinski definition) is 2. The highest BCUT2D eigenvalue weighted by Crippen LogP contribution is 2.30. The number of amides is 1. The molecule has 1 fully saturated rings. The molecule has 10 heteroatoms. The van der Waals surface area contributed by atoms with Crippen LogP contribution in [0.25, 0.3) is 16.6 Å². The summed E-state index contributed by atoms with van der Waals surface area (Å²) in [5.74, 6) is -0.938. The predicted octanol–water partition coefficient (Wildman–Crippen LogP) is 2.99. The molecule has 1 amide bonds. The quantitative estimate of drug-likeness (QED) is 0.486. The lowest BCUT2D eigenvalue weighted by molar-refractivity contribution is 0.102. The molecule has 2 N–H and O–H groups in total. The summed E-state index contributed by atoms with van der Waals surface area (Å²) in [6, 6.07) is 1.78. The maximum absolute atomic E-state index is 14.5. The van der Waals surface area contributed by atoms with E-state index in [1.165, 1.54) is 6.07 Å². The summed E-state index contributed by atoms with van der Waals surface area (Å²) in [7, 11) is 2.00. The van der Waals surface area contributed by atoms with Crippen LogP contribution in [-0.4, -0.2) is 56.2 Å². The number of aryl methyl sites for hydroxylation is 2. The van der Waals surface area contributed by atoms with Gasteiger partial charge in [-0.05, 0) is 33.7 Å². The Hall–Kier alpha value is -3.53. The minimum Gasteiger partial charge on any atom is -0.370 e. The first-order chi connectivity index (χ1) is 16.0. The van der Waals surface area contributed by atoms with Gasteiger partial charge >= 0.3 is 0 Å². The first kappa shape index (κ1) is 21.3. The third-order valence-electron chi connectivity index (χ3n) is 6.25. The number of hydrogen-bond acceptors (Lipinski definition) is 6. The second kappa shape index (κ2) is 8.43. The van der Waals surface area contributed by atoms with Crippen molar-refractivity contribution < 1.29 is 9.18 Å². The maximum atomic E-state index is 14.5. The molecule has 1 saturated heterocycles. The molecule has 0 spiro atoms. The van der Waals surface area contributed by atoms with Crippen molar-refractivity contribution in [2.75, 3.05) is 30.4 Å². The summed E-state index contributed by atoms with van der Waals surface area (Å²) in [6.45, 7) is 6.29. The number of carbonyl (C=O) groups is 1. The Labute approximate surface area is 190 Å². The van der Waals surface area contributed by atoms with Crippen LogP contribution in [0.15, 0.2) is 30.9 Å². The zero-order chi connectivity index (χ0) is 23.1. The smallest absolute Gasteiger partial charge is 0.276 e. The predicted molar refractivity (Wildman–Crippen MR) is 125 cm³/mol. The number of imidazole rings is 1. The Morgan fingerprint density at radius 3 is 2.76 bits per heavy atom. The van der Waals surface area contributed by atoms with E-state index in [1.807, 2.05) is 24.9 Å². The molecule has 0 radical (unpaired) electrons. The topological polar surface area (TPSA) is 92.4 Å². The number of anilines is 2. The molecule has 0 unspecified atom stereocenters. The molecular weight excluding hydrogens is 423 g/mol. The summed E-state index contributed by atoms with van der Waals surface area (Å²) >= 11 is 0. The largest absolute Gasteiger partial charge is 0.370 e. The Kier molecular flexibility index (Phi) is 5.45. The van der Waals surface area contributed by atoms with Crippen LogP contribution in [0.4, 0.5) is 15.8 Å². The number of nitrogens with zero attached hydrogens (tertiary/aromatic N) is 6. The highest BCUT2D eigenvalue weighted by molar-refractivity contribution is 6.12. The van der Waals surface area contributed by atoms with Crippen molar-refractivity contribution in [2.24, 2.45) is 0 Å². The van der Waals surface area contributed by atoms with Gasteiger partial charge in [0.1, 0.15) is 5.52 Å². The van der Waals surface area contributed by atoms with Crippen LogP contribution in [0.2, 0.25) is 0 Å². The molecule has 4 aromatic rings. The van der Waals surface area contributed by atoms with Crippen molar-refractivity contribution in [2.45, 2.75) is 39.3 Å². The molecule has 1 aliphatic rings. The van der Waals surface area contributed by atoms with Gasteiger partial charge in [0, 0.05) is 55.7 Å². The number of fused-ring (bicyclic) bond motifs is 2. The number of piperidine rings is 1. The molecular formula is C23H27FN8O. The van der Waals surface area contributed by atoms with Gasteiger partial charge in [-0.15, -0.1) is 0 Å². The molecule has 1 aliphatic heterocycles. The zero-order valence-electron chi connectivity index (χ0n) is 19.0. The van der Waals surface area contributed by atoms with Gasteiger partial charge in [-0.3, -0.25) is 9.48 Å². The van der Waals surface area contributed by atoms with E-state index in [1.54, 1.807) is 29.9 Å². The number of rotatable bonds is 5. The summed E-state index contributed by atoms with van der Waals surface area (Å²) in [5.41, 5.74) is 2.98. The molecule has 0 aromatic carbocycles. The number of halogens is 1. The van der Waals surface area contributed by atoms with Crippen LogP contribution >= 0.6 is 0 Å². The molecule has 0 saturated carbocycles. The molecule has 0 bridgehead atoms. The fourth-order valence-corrected chi connectivity index (χ4v) is 4.47. The van der Waals surface area contributed by atoms with Gasteiger partial charge in [0.25, 0.3) is 5.91 Å². The van der Waals surface area contributed by atoms with Gasteiger partial charge in [-0.1, -0.05) is 0 Å². The first-order valence-electron chi connectivity index (χ1n) is 11.2. The van der Waals surface area contributed by atoms with Gasteiger partial charge in [0.05, 0.1) is 23.3 Å². The van der Waals surface area contributed by atoms with Crippen molar-refractivity contribution in [3.63, 3.8) is 0 Å². The lowest BCUT2D eigenvalue weighted by atomic mass is 10.0. The Morgan fingerprint density at radius 1 is 1.24 bits per heavy atom. The van der Waals surface area contributed by atoms with Crippen molar-refractivity contribution in [1.82, 2.24) is 29.5 Å². The summed E-state index contributed by atoms with van der Waals surface area (Å²) in [5, 5.41) is 11.6. The molecule has 5 rings (SSSR count). The lowest BCUT2D eigenvalue weighted by Crippen LogP contribution is -2.41. The Morgan fingerprint density at radius 2 is 2.03 bits per heavy atom. The van der Waals surface area contributed by atoms with Crippen molar-refractivity contribution in [3.05, 3.63) is 48.1 Å². The van der Waals surface area contributed by atoms with Gasteiger partial charge in [-0.25, -0.2) is 14.4 Å². The van der Waals surface area contributed by atoms with Gasteiger partial charge < -0.3 is 19.9 Å². The number of nitrogens with one attached hydrogen (secondary N) is 2. The van der Waals surface area contributed by atoms with Crippen LogP contribution in [0.1, 0.15) is 35.9 Å². The van der Waals surface area contributed by atoms with Crippen molar-refractivity contribution in [3.8, 4) is 0 Å². The van der Waals surface area contributed by atoms with Crippen LogP contribution in [-0.2, 0) is 6.54 Å². The molecule has 33 heavy (non-hydrogen) atoms. The van der Waals surface area contributed by atoms with E-state index in [9.17, 15) is 9.18 Å². The molecule has 0 atom stereocenters. The maximum Gasteiger partial charge on any atom is 0.276 e. The van der Waals surface area contributed by atoms with Crippen molar-refractivity contribution >= 4 is 33.8 Å². The van der Waals surface area contributed by atoms with Gasteiger partial charge in [0.15, 0.2) is 17.2 Å². The Bertz CT molecular complexity index is 1340. The van der Waals surface area contributed by atoms with Crippen LogP contribution in [0.5, 0.6) is 0 Å². The first-order valence-corrected chi connectivity index (χ1v) is 11.2. The van der Waals surface area contributed by atoms with Crippen LogP contribution < -0.4 is 15.5 Å². The van der Waals surface area contributed by atoms with E-state index in [0.29, 0.717) is 29.5 Å². The van der Waals surface area contributed by atoms with E-state index in [4.69, 9.17) is 0 Å². The summed E-state index contributed by atoms with van der Waals surface area (Å²) in [4.78, 5) is 24.1. The van der Waals surface area contributed by atoms with E-state index >= 15 is 0 Å². The Balaban J connectivity index is 1.48. The number of aromatic nitrogens is 5.